The lowest BCUT2D eigenvalue weighted by Gasteiger charge is -2.10. The molecule has 5 nitrogen and oxygen atoms in total. The minimum Gasteiger partial charge on any atom is -0.491 e. The van der Waals surface area contributed by atoms with Gasteiger partial charge in [0.2, 0.25) is 0 Å². The molecule has 0 saturated carbocycles. The highest BCUT2D eigenvalue weighted by atomic mass is 16.5. The summed E-state index contributed by atoms with van der Waals surface area (Å²) < 4.78 is 9.33. The zero-order valence-electron chi connectivity index (χ0n) is 14.6. The van der Waals surface area contributed by atoms with Crippen LogP contribution in [0.2, 0.25) is 0 Å². The summed E-state index contributed by atoms with van der Waals surface area (Å²) >= 11 is 0. The smallest absolute Gasteiger partial charge is 0.329 e. The summed E-state index contributed by atoms with van der Waals surface area (Å²) in [5.74, 6) is 0.521. The number of para-hydroxylation sites is 3. The largest absolute Gasteiger partial charge is 0.491 e. The number of aromatic nitrogens is 2. The van der Waals surface area contributed by atoms with Crippen molar-refractivity contribution < 1.29 is 9.53 Å². The average molecular weight is 338 g/mol. The fourth-order valence-electron chi connectivity index (χ4n) is 3.06. The predicted octanol–water partition coefficient (Wildman–Crippen LogP) is 3.49. The average Bonchev–Trinajstić information content (AvgIpc) is 2.88. The number of ether oxygens (including phenoxy) is 1. The van der Waals surface area contributed by atoms with Crippen molar-refractivity contribution in [2.75, 3.05) is 6.61 Å². The van der Waals surface area contributed by atoms with E-state index in [1.54, 1.807) is 21.3 Å². The number of aryl methyl sites for hydroxylation is 1. The zero-order chi connectivity index (χ0) is 17.8. The number of carbonyl (C=O) groups is 1. The topological polar surface area (TPSA) is 53.2 Å². The second-order valence-electron chi connectivity index (χ2n) is 5.98. The van der Waals surface area contributed by atoms with E-state index in [2.05, 4.69) is 6.92 Å². The SMILES string of the molecule is CCCn1c(=O)n(CCOc2ccccc2C(C)=O)c2ccccc21. The van der Waals surface area contributed by atoms with E-state index in [0.29, 0.717) is 31.0 Å². The quantitative estimate of drug-likeness (QED) is 0.620. The van der Waals surface area contributed by atoms with Gasteiger partial charge in [0.25, 0.3) is 0 Å². The number of imidazole rings is 1. The van der Waals surface area contributed by atoms with Gasteiger partial charge in [0.1, 0.15) is 12.4 Å². The molecule has 0 unspecified atom stereocenters. The monoisotopic (exact) mass is 338 g/mol. The van der Waals surface area contributed by atoms with Crippen LogP contribution in [0.15, 0.2) is 53.3 Å². The Labute approximate surface area is 146 Å². The minimum absolute atomic E-state index is 0.0218. The van der Waals surface area contributed by atoms with Gasteiger partial charge >= 0.3 is 5.69 Å². The Kier molecular flexibility index (Phi) is 5.03. The highest BCUT2D eigenvalue weighted by molar-refractivity contribution is 5.96. The first kappa shape index (κ1) is 17.0. The predicted molar refractivity (Wildman–Crippen MR) is 98.4 cm³/mol. The molecule has 1 heterocycles. The molecular weight excluding hydrogens is 316 g/mol. The molecule has 130 valence electrons. The highest BCUT2D eigenvalue weighted by Crippen LogP contribution is 2.19. The Morgan fingerprint density at radius 1 is 0.960 bits per heavy atom. The van der Waals surface area contributed by atoms with Gasteiger partial charge in [-0.3, -0.25) is 13.9 Å². The lowest BCUT2D eigenvalue weighted by Crippen LogP contribution is -2.26. The molecule has 0 bridgehead atoms. The van der Waals surface area contributed by atoms with E-state index in [1.165, 1.54) is 6.92 Å². The van der Waals surface area contributed by atoms with Crippen molar-refractivity contribution in [3.63, 3.8) is 0 Å². The number of Topliss-reactive ketones (excluding diaryl/α,β-unsaturated/α-hetero) is 1. The summed E-state index contributed by atoms with van der Waals surface area (Å²) in [7, 11) is 0. The molecule has 0 aliphatic heterocycles. The van der Waals surface area contributed by atoms with E-state index in [1.807, 2.05) is 36.4 Å². The van der Waals surface area contributed by atoms with E-state index < -0.39 is 0 Å². The van der Waals surface area contributed by atoms with Gasteiger partial charge in [-0.1, -0.05) is 31.2 Å². The fraction of sp³-hybridized carbons (Fsp3) is 0.300. The number of ketones is 1. The molecule has 0 saturated heterocycles. The highest BCUT2D eigenvalue weighted by Gasteiger charge is 2.13. The number of hydrogen-bond acceptors (Lipinski definition) is 3. The molecular formula is C20H22N2O3. The number of carbonyl (C=O) groups excluding carboxylic acids is 1. The van der Waals surface area contributed by atoms with E-state index in [0.717, 1.165) is 17.5 Å². The maximum atomic E-state index is 12.7. The van der Waals surface area contributed by atoms with Gasteiger partial charge in [-0.25, -0.2) is 4.79 Å². The number of rotatable bonds is 7. The molecule has 2 aromatic carbocycles. The van der Waals surface area contributed by atoms with E-state index in [9.17, 15) is 9.59 Å². The van der Waals surface area contributed by atoms with Crippen LogP contribution >= 0.6 is 0 Å². The molecule has 0 atom stereocenters. The van der Waals surface area contributed by atoms with Crippen LogP contribution in [0.4, 0.5) is 0 Å². The van der Waals surface area contributed by atoms with Crippen molar-refractivity contribution in [1.82, 2.24) is 9.13 Å². The molecule has 0 spiro atoms. The third-order valence-electron chi connectivity index (χ3n) is 4.21. The Bertz CT molecular complexity index is 953. The molecule has 25 heavy (non-hydrogen) atoms. The third kappa shape index (κ3) is 3.36. The van der Waals surface area contributed by atoms with Crippen molar-refractivity contribution in [3.05, 3.63) is 64.6 Å². The summed E-state index contributed by atoms with van der Waals surface area (Å²) in [5.41, 5.74) is 2.39. The fourth-order valence-corrected chi connectivity index (χ4v) is 3.06. The van der Waals surface area contributed by atoms with E-state index >= 15 is 0 Å². The summed E-state index contributed by atoms with van der Waals surface area (Å²) in [4.78, 5) is 24.4. The van der Waals surface area contributed by atoms with Gasteiger partial charge in [-0.15, -0.1) is 0 Å². The molecule has 0 aliphatic rings. The third-order valence-corrected chi connectivity index (χ3v) is 4.21. The summed E-state index contributed by atoms with van der Waals surface area (Å²) in [6.45, 7) is 5.03. The van der Waals surface area contributed by atoms with Crippen LogP contribution in [0.3, 0.4) is 0 Å². The molecule has 0 fully saturated rings. The number of benzene rings is 2. The Hall–Kier alpha value is -2.82. The van der Waals surface area contributed by atoms with Crippen molar-refractivity contribution in [2.45, 2.75) is 33.4 Å². The summed E-state index contributed by atoms with van der Waals surface area (Å²) in [5, 5.41) is 0. The van der Waals surface area contributed by atoms with E-state index in [4.69, 9.17) is 4.74 Å². The summed E-state index contributed by atoms with van der Waals surface area (Å²) in [6, 6.07) is 15.0. The normalized spacial score (nSPS) is 11.0. The van der Waals surface area contributed by atoms with Crippen molar-refractivity contribution in [3.8, 4) is 5.75 Å². The Morgan fingerprint density at radius 3 is 2.20 bits per heavy atom. The van der Waals surface area contributed by atoms with Gasteiger partial charge in [0.15, 0.2) is 5.78 Å². The van der Waals surface area contributed by atoms with Crippen molar-refractivity contribution in [1.29, 1.82) is 0 Å². The van der Waals surface area contributed by atoms with Crippen molar-refractivity contribution in [2.24, 2.45) is 0 Å². The maximum absolute atomic E-state index is 12.7. The second kappa shape index (κ2) is 7.38. The van der Waals surface area contributed by atoms with Gasteiger partial charge in [-0.2, -0.15) is 0 Å². The first-order valence-corrected chi connectivity index (χ1v) is 8.54. The molecule has 0 radical (unpaired) electrons. The molecule has 0 amide bonds. The molecule has 5 heteroatoms. The number of hydrogen-bond donors (Lipinski definition) is 0. The van der Waals surface area contributed by atoms with Crippen LogP contribution in [0, 0.1) is 0 Å². The molecule has 3 aromatic rings. The van der Waals surface area contributed by atoms with Crippen LogP contribution in [-0.4, -0.2) is 21.5 Å². The van der Waals surface area contributed by atoms with Crippen LogP contribution in [0.1, 0.15) is 30.6 Å². The van der Waals surface area contributed by atoms with Gasteiger partial charge in [0.05, 0.1) is 23.1 Å². The van der Waals surface area contributed by atoms with Crippen LogP contribution in [-0.2, 0) is 13.1 Å². The van der Waals surface area contributed by atoms with Gasteiger partial charge < -0.3 is 4.74 Å². The Balaban J connectivity index is 1.84. The van der Waals surface area contributed by atoms with Crippen molar-refractivity contribution >= 4 is 16.8 Å². The van der Waals surface area contributed by atoms with E-state index in [-0.39, 0.29) is 11.5 Å². The first-order chi connectivity index (χ1) is 12.1. The summed E-state index contributed by atoms with van der Waals surface area (Å²) in [6.07, 6.45) is 0.899. The molecule has 0 N–H and O–H groups in total. The second-order valence-corrected chi connectivity index (χ2v) is 5.98. The lowest BCUT2D eigenvalue weighted by molar-refractivity contribution is 0.101. The van der Waals surface area contributed by atoms with Crippen LogP contribution in [0.5, 0.6) is 5.75 Å². The maximum Gasteiger partial charge on any atom is 0.329 e. The van der Waals surface area contributed by atoms with Gasteiger partial charge in [-0.05, 0) is 37.6 Å². The Morgan fingerprint density at radius 2 is 1.56 bits per heavy atom. The van der Waals surface area contributed by atoms with Crippen LogP contribution < -0.4 is 10.4 Å². The molecule has 3 rings (SSSR count). The van der Waals surface area contributed by atoms with Gasteiger partial charge in [0, 0.05) is 6.54 Å². The standard InChI is InChI=1S/C20H22N2O3/c1-3-12-21-17-9-5-6-10-18(17)22(20(21)24)13-14-25-19-11-7-4-8-16(19)15(2)23/h4-11H,3,12-14H2,1-2H3. The first-order valence-electron chi connectivity index (χ1n) is 8.54. The zero-order valence-corrected chi connectivity index (χ0v) is 14.6. The minimum atomic E-state index is -0.0349. The number of nitrogens with zero attached hydrogens (tertiary/aromatic N) is 2. The van der Waals surface area contributed by atoms with Crippen LogP contribution in [0.25, 0.3) is 11.0 Å². The number of fused-ring (bicyclic) bond motifs is 1. The molecule has 0 aliphatic carbocycles. The molecule has 1 aromatic heterocycles. The lowest BCUT2D eigenvalue weighted by atomic mass is 10.1.